The molecule has 0 spiro atoms. The number of benzene rings is 1. The maximum absolute atomic E-state index is 11.6. The van der Waals surface area contributed by atoms with Crippen molar-refractivity contribution in [2.24, 2.45) is 0 Å². The zero-order chi connectivity index (χ0) is 24.7. The van der Waals surface area contributed by atoms with Crippen LogP contribution in [0.2, 0.25) is 0 Å². The Morgan fingerprint density at radius 3 is 2.43 bits per heavy atom. The quantitative estimate of drug-likeness (QED) is 0.447. The Morgan fingerprint density at radius 2 is 1.80 bits per heavy atom. The average molecular weight is 510 g/mol. The van der Waals surface area contributed by atoms with Gasteiger partial charge in [0, 0.05) is 35.0 Å². The minimum atomic E-state index is -3.35. The van der Waals surface area contributed by atoms with E-state index in [-0.39, 0.29) is 12.1 Å². The minimum absolute atomic E-state index is 0.0903. The fraction of sp³-hybridized carbons (Fsp3) is 0.385. The number of hydrogen-bond acceptors (Lipinski definition) is 4. The summed E-state index contributed by atoms with van der Waals surface area (Å²) in [6.45, 7) is 4.41. The van der Waals surface area contributed by atoms with Crippen LogP contribution >= 0.6 is 12.2 Å². The van der Waals surface area contributed by atoms with Crippen molar-refractivity contribution in [1.82, 2.24) is 14.9 Å². The van der Waals surface area contributed by atoms with Gasteiger partial charge in [-0.1, -0.05) is 18.9 Å². The number of rotatable bonds is 6. The number of sulfonamides is 1. The first-order valence-corrected chi connectivity index (χ1v) is 14.3. The molecule has 3 heterocycles. The Balaban J connectivity index is 1.59. The number of nitrogens with one attached hydrogen (secondary N) is 2. The first kappa shape index (κ1) is 23.8. The maximum atomic E-state index is 11.6. The van der Waals surface area contributed by atoms with Crippen LogP contribution in [-0.2, 0) is 10.0 Å². The van der Waals surface area contributed by atoms with Crippen LogP contribution in [0.1, 0.15) is 66.5 Å². The van der Waals surface area contributed by atoms with Crippen LogP contribution in [0.5, 0.6) is 0 Å². The van der Waals surface area contributed by atoms with Crippen molar-refractivity contribution in [3.05, 3.63) is 77.4 Å². The van der Waals surface area contributed by atoms with Gasteiger partial charge >= 0.3 is 0 Å². The molecule has 7 nitrogen and oxygen atoms in total. The van der Waals surface area contributed by atoms with E-state index >= 15 is 0 Å². The van der Waals surface area contributed by atoms with Crippen LogP contribution < -0.4 is 14.9 Å². The van der Waals surface area contributed by atoms with E-state index in [9.17, 15) is 8.42 Å². The van der Waals surface area contributed by atoms with Crippen LogP contribution in [0.15, 0.2) is 54.7 Å². The Kier molecular flexibility index (Phi) is 6.31. The Hall–Kier alpha value is -2.91. The summed E-state index contributed by atoms with van der Waals surface area (Å²) in [5, 5.41) is 4.14. The standard InChI is InChI=1S/C26H31N5O2S2/c1-17-16-22(18(2)30(17)20-8-4-5-9-20)25-24(23-10-6-7-15-27-23)28-26(34)31(25)21-13-11-19(12-14-21)29-35(3,32)33/h6-7,10-16,20,24-25,29H,4-5,8-9H2,1-3H3,(H,28,34)/t24-,25-/m1/s1. The van der Waals surface area contributed by atoms with Crippen molar-refractivity contribution in [2.45, 2.75) is 57.7 Å². The van der Waals surface area contributed by atoms with Crippen LogP contribution in [0.4, 0.5) is 11.4 Å². The lowest BCUT2D eigenvalue weighted by molar-refractivity contribution is 0.494. The molecule has 3 aromatic rings. The van der Waals surface area contributed by atoms with Gasteiger partial charge in [0.25, 0.3) is 0 Å². The predicted octanol–water partition coefficient (Wildman–Crippen LogP) is 5.16. The first-order valence-electron chi connectivity index (χ1n) is 12.0. The van der Waals surface area contributed by atoms with Crippen molar-refractivity contribution in [2.75, 3.05) is 15.9 Å². The molecule has 2 fully saturated rings. The predicted molar refractivity (Wildman–Crippen MR) is 144 cm³/mol. The Morgan fingerprint density at radius 1 is 1.09 bits per heavy atom. The smallest absolute Gasteiger partial charge is 0.229 e. The monoisotopic (exact) mass is 509 g/mol. The average Bonchev–Trinajstić information content (AvgIpc) is 3.52. The first-order chi connectivity index (χ1) is 16.7. The van der Waals surface area contributed by atoms with E-state index in [0.717, 1.165) is 17.6 Å². The van der Waals surface area contributed by atoms with Crippen molar-refractivity contribution >= 4 is 38.7 Å². The molecule has 9 heteroatoms. The molecule has 2 aromatic heterocycles. The summed E-state index contributed by atoms with van der Waals surface area (Å²) in [5.74, 6) is 0. The highest BCUT2D eigenvalue weighted by molar-refractivity contribution is 7.92. The number of nitrogens with zero attached hydrogens (tertiary/aromatic N) is 3. The Labute approximate surface area is 212 Å². The van der Waals surface area contributed by atoms with Gasteiger partial charge in [-0.2, -0.15) is 0 Å². The van der Waals surface area contributed by atoms with E-state index in [1.54, 1.807) is 12.1 Å². The molecule has 2 atom stereocenters. The lowest BCUT2D eigenvalue weighted by Crippen LogP contribution is -2.29. The van der Waals surface area contributed by atoms with Crippen molar-refractivity contribution in [3.63, 3.8) is 0 Å². The highest BCUT2D eigenvalue weighted by Gasteiger charge is 2.42. The van der Waals surface area contributed by atoms with E-state index < -0.39 is 10.0 Å². The van der Waals surface area contributed by atoms with Gasteiger partial charge in [-0.15, -0.1) is 0 Å². The SMILES string of the molecule is Cc1cc([C@@H]2[C@@H](c3ccccn3)NC(=S)N2c2ccc(NS(C)(=O)=O)cc2)c(C)n1C1CCCC1. The van der Waals surface area contributed by atoms with E-state index in [4.69, 9.17) is 12.2 Å². The number of thiocarbonyl (C=S) groups is 1. The molecule has 5 rings (SSSR count). The summed E-state index contributed by atoms with van der Waals surface area (Å²) < 4.78 is 28.3. The van der Waals surface area contributed by atoms with Gasteiger partial charge in [0.1, 0.15) is 0 Å². The van der Waals surface area contributed by atoms with Crippen LogP contribution in [0.3, 0.4) is 0 Å². The van der Waals surface area contributed by atoms with Gasteiger partial charge in [-0.25, -0.2) is 8.42 Å². The van der Waals surface area contributed by atoms with Gasteiger partial charge in [-0.05, 0) is 86.9 Å². The van der Waals surface area contributed by atoms with Crippen LogP contribution in [0, 0.1) is 13.8 Å². The second kappa shape index (κ2) is 9.28. The highest BCUT2D eigenvalue weighted by atomic mass is 32.2. The van der Waals surface area contributed by atoms with E-state index in [1.165, 1.54) is 42.6 Å². The molecular weight excluding hydrogens is 478 g/mol. The Bertz CT molecular complexity index is 1330. The maximum Gasteiger partial charge on any atom is 0.229 e. The summed E-state index contributed by atoms with van der Waals surface area (Å²) in [4.78, 5) is 6.80. The molecule has 1 saturated heterocycles. The largest absolute Gasteiger partial charge is 0.351 e. The molecule has 2 aliphatic rings. The third kappa shape index (κ3) is 4.67. The summed E-state index contributed by atoms with van der Waals surface area (Å²) >= 11 is 5.86. The summed E-state index contributed by atoms with van der Waals surface area (Å²) in [6.07, 6.45) is 7.96. The zero-order valence-electron chi connectivity index (χ0n) is 20.2. The molecule has 2 N–H and O–H groups in total. The molecule has 1 aliphatic heterocycles. The number of hydrogen-bond donors (Lipinski definition) is 2. The molecule has 35 heavy (non-hydrogen) atoms. The van der Waals surface area contributed by atoms with Crippen LogP contribution in [0.25, 0.3) is 0 Å². The zero-order valence-corrected chi connectivity index (χ0v) is 21.9. The molecule has 0 radical (unpaired) electrons. The van der Waals surface area contributed by atoms with Gasteiger partial charge in [-0.3, -0.25) is 9.71 Å². The van der Waals surface area contributed by atoms with Gasteiger partial charge in [0.05, 0.1) is 24.0 Å². The van der Waals surface area contributed by atoms with E-state index in [0.29, 0.717) is 16.8 Å². The van der Waals surface area contributed by atoms with E-state index in [2.05, 4.69) is 44.4 Å². The van der Waals surface area contributed by atoms with Crippen molar-refractivity contribution in [3.8, 4) is 0 Å². The molecule has 1 saturated carbocycles. The van der Waals surface area contributed by atoms with Crippen LogP contribution in [-0.4, -0.2) is 29.3 Å². The second-order valence-electron chi connectivity index (χ2n) is 9.55. The fourth-order valence-electron chi connectivity index (χ4n) is 5.68. The lowest BCUT2D eigenvalue weighted by atomic mass is 9.96. The normalized spacial score (nSPS) is 20.9. The molecule has 0 unspecified atom stereocenters. The molecular formula is C26H31N5O2S2. The molecule has 0 bridgehead atoms. The van der Waals surface area contributed by atoms with Gasteiger partial charge in [0.15, 0.2) is 5.11 Å². The van der Waals surface area contributed by atoms with Gasteiger partial charge in [0.2, 0.25) is 10.0 Å². The highest BCUT2D eigenvalue weighted by Crippen LogP contribution is 2.45. The minimum Gasteiger partial charge on any atom is -0.351 e. The summed E-state index contributed by atoms with van der Waals surface area (Å²) in [7, 11) is -3.35. The number of aromatic nitrogens is 2. The third-order valence-electron chi connectivity index (χ3n) is 7.08. The second-order valence-corrected chi connectivity index (χ2v) is 11.7. The molecule has 1 aliphatic carbocycles. The number of pyridine rings is 1. The van der Waals surface area contributed by atoms with Crippen molar-refractivity contribution < 1.29 is 8.42 Å². The molecule has 0 amide bonds. The summed E-state index contributed by atoms with van der Waals surface area (Å²) in [6, 6.07) is 16.0. The topological polar surface area (TPSA) is 79.3 Å². The van der Waals surface area contributed by atoms with Crippen molar-refractivity contribution in [1.29, 1.82) is 0 Å². The fourth-order valence-corrected chi connectivity index (χ4v) is 6.59. The third-order valence-corrected chi connectivity index (χ3v) is 8.00. The van der Waals surface area contributed by atoms with Gasteiger partial charge < -0.3 is 14.8 Å². The summed E-state index contributed by atoms with van der Waals surface area (Å²) in [5.41, 5.74) is 6.13. The number of aryl methyl sites for hydroxylation is 1. The number of anilines is 2. The lowest BCUT2D eigenvalue weighted by Gasteiger charge is -2.28. The van der Waals surface area contributed by atoms with E-state index in [1.807, 2.05) is 36.5 Å². The molecule has 184 valence electrons. The molecule has 1 aromatic carbocycles.